The van der Waals surface area contributed by atoms with Crippen LogP contribution in [0.1, 0.15) is 31.2 Å². The van der Waals surface area contributed by atoms with Gasteiger partial charge in [0, 0.05) is 22.9 Å². The van der Waals surface area contributed by atoms with Gasteiger partial charge < -0.3 is 10.8 Å². The molecule has 0 bridgehead atoms. The summed E-state index contributed by atoms with van der Waals surface area (Å²) < 4.78 is 41.4. The van der Waals surface area contributed by atoms with Gasteiger partial charge >= 0.3 is 10.2 Å². The molecule has 3 aliphatic rings. The first-order valence-corrected chi connectivity index (χ1v) is 10.1. The lowest BCUT2D eigenvalue weighted by atomic mass is 10.1. The van der Waals surface area contributed by atoms with Gasteiger partial charge in [-0.15, -0.1) is 0 Å². The Morgan fingerprint density at radius 1 is 1.33 bits per heavy atom. The Bertz CT molecular complexity index is 981. The zero-order valence-corrected chi connectivity index (χ0v) is 15.2. The third-order valence-electron chi connectivity index (χ3n) is 4.65. The summed E-state index contributed by atoms with van der Waals surface area (Å²) >= 11 is 0. The summed E-state index contributed by atoms with van der Waals surface area (Å²) in [5.41, 5.74) is 6.34. The number of benzene rings is 1. The number of phenols is 1. The van der Waals surface area contributed by atoms with Crippen molar-refractivity contribution < 1.29 is 22.7 Å². The molecule has 0 atom stereocenters. The van der Waals surface area contributed by atoms with Gasteiger partial charge in [-0.1, -0.05) is 0 Å². The fourth-order valence-electron chi connectivity index (χ4n) is 2.95. The number of allylic oxidation sites excluding steroid dienone is 1. The van der Waals surface area contributed by atoms with Crippen molar-refractivity contribution in [2.24, 2.45) is 16.6 Å². The highest BCUT2D eigenvalue weighted by Gasteiger charge is 2.38. The Morgan fingerprint density at radius 3 is 2.59 bits per heavy atom. The molecule has 0 radical (unpaired) electrons. The highest BCUT2D eigenvalue weighted by Crippen LogP contribution is 2.38. The van der Waals surface area contributed by atoms with Crippen molar-refractivity contribution in [3.63, 3.8) is 0 Å². The molecule has 0 spiro atoms. The Balaban J connectivity index is 1.74. The number of nitrogens with zero attached hydrogens (tertiary/aromatic N) is 2. The molecule has 2 saturated carbocycles. The topological polar surface area (TPSA) is 125 Å². The maximum atomic E-state index is 15.1. The van der Waals surface area contributed by atoms with Gasteiger partial charge in [-0.25, -0.2) is 13.4 Å². The second kappa shape index (κ2) is 6.22. The lowest BCUT2D eigenvalue weighted by Gasteiger charge is -2.18. The summed E-state index contributed by atoms with van der Waals surface area (Å²) in [5.74, 6) is -2.09. The number of hydrogen-bond acceptors (Lipinski definition) is 6. The predicted molar refractivity (Wildman–Crippen MR) is 97.8 cm³/mol. The molecule has 2 aliphatic carbocycles. The van der Waals surface area contributed by atoms with E-state index in [0.717, 1.165) is 37.5 Å². The molecule has 10 heteroatoms. The number of aromatic hydroxyl groups is 1. The maximum Gasteiger partial charge on any atom is 0.326 e. The number of rotatable bonds is 5. The van der Waals surface area contributed by atoms with E-state index in [1.54, 1.807) is 10.8 Å². The number of nitrogens with one attached hydrogen (secondary N) is 1. The van der Waals surface area contributed by atoms with Crippen LogP contribution in [-0.4, -0.2) is 37.7 Å². The van der Waals surface area contributed by atoms with E-state index in [4.69, 9.17) is 5.73 Å². The van der Waals surface area contributed by atoms with Gasteiger partial charge in [0.15, 0.2) is 5.82 Å². The minimum Gasteiger partial charge on any atom is -0.506 e. The number of carbonyl (C=O) groups excluding carboxylic acids is 1. The molecule has 0 aromatic heterocycles. The Hall–Kier alpha value is -2.62. The van der Waals surface area contributed by atoms with E-state index in [2.05, 4.69) is 4.99 Å². The third kappa shape index (κ3) is 3.48. The quantitative estimate of drug-likeness (QED) is 0.643. The van der Waals surface area contributed by atoms with Gasteiger partial charge in [-0.05, 0) is 43.9 Å². The molecule has 1 heterocycles. The van der Waals surface area contributed by atoms with Crippen molar-refractivity contribution in [3.05, 3.63) is 29.6 Å². The highest BCUT2D eigenvalue weighted by molar-refractivity contribution is 7.92. The van der Waals surface area contributed by atoms with Crippen LogP contribution in [0, 0.1) is 11.7 Å². The molecule has 144 valence electrons. The van der Waals surface area contributed by atoms with Gasteiger partial charge in [-0.3, -0.25) is 9.79 Å². The van der Waals surface area contributed by atoms with Crippen molar-refractivity contribution in [2.45, 2.75) is 31.7 Å². The zero-order chi connectivity index (χ0) is 19.3. The fourth-order valence-corrected chi connectivity index (χ4v) is 4.12. The van der Waals surface area contributed by atoms with Crippen molar-refractivity contribution in [1.82, 2.24) is 4.72 Å². The number of hydrogen-bond donors (Lipinski definition) is 3. The van der Waals surface area contributed by atoms with E-state index in [9.17, 15) is 18.3 Å². The van der Waals surface area contributed by atoms with E-state index < -0.39 is 39.9 Å². The fraction of sp³-hybridized carbons (Fsp3) is 0.412. The van der Waals surface area contributed by atoms with Crippen LogP contribution in [0.25, 0.3) is 5.70 Å². The number of anilines is 1. The van der Waals surface area contributed by atoms with E-state index in [0.29, 0.717) is 16.3 Å². The van der Waals surface area contributed by atoms with Gasteiger partial charge in [0.1, 0.15) is 18.0 Å². The third-order valence-corrected chi connectivity index (χ3v) is 6.03. The maximum absolute atomic E-state index is 15.1. The first-order chi connectivity index (χ1) is 12.8. The average molecular weight is 394 g/mol. The predicted octanol–water partition coefficient (Wildman–Crippen LogP) is 1.03. The van der Waals surface area contributed by atoms with Crippen LogP contribution in [0.15, 0.2) is 23.2 Å². The Kier molecular flexibility index (Phi) is 4.10. The van der Waals surface area contributed by atoms with Crippen LogP contribution in [-0.2, 0) is 15.0 Å². The van der Waals surface area contributed by atoms with Gasteiger partial charge in [-0.2, -0.15) is 8.42 Å². The summed E-state index contributed by atoms with van der Waals surface area (Å²) in [4.78, 5) is 16.1. The van der Waals surface area contributed by atoms with Crippen LogP contribution in [0.4, 0.5) is 10.1 Å². The van der Waals surface area contributed by atoms with Crippen molar-refractivity contribution in [3.8, 4) is 5.75 Å². The van der Waals surface area contributed by atoms with E-state index >= 15 is 4.39 Å². The van der Waals surface area contributed by atoms with Crippen LogP contribution < -0.4 is 14.8 Å². The van der Waals surface area contributed by atoms with Crippen LogP contribution in [0.3, 0.4) is 0 Å². The van der Waals surface area contributed by atoms with Crippen LogP contribution in [0.2, 0.25) is 0 Å². The summed E-state index contributed by atoms with van der Waals surface area (Å²) in [5, 5.41) is 10.0. The molecule has 1 aromatic carbocycles. The Labute approximate surface area is 155 Å². The lowest BCUT2D eigenvalue weighted by Crippen LogP contribution is -2.30. The number of carbonyl (C=O) groups is 1. The Morgan fingerprint density at radius 2 is 2.04 bits per heavy atom. The standard InChI is InChI=1S/C17H19FN4O4S/c18-16-11(12(19)7-13(9-1-2-9)20-10-3-4-10)5-6-14(23)17(16)22-8-15(24)21-27(22,25)26/h5-7,9-10,23H,1-4,8,19H2,(H,21,24). The van der Waals surface area contributed by atoms with E-state index in [-0.39, 0.29) is 11.3 Å². The SMILES string of the molecule is NC(=CC(=NC1CC1)C1CC1)c1ccc(O)c(N2CC(=O)NS2(=O)=O)c1F. The normalized spacial score (nSPS) is 22.9. The van der Waals surface area contributed by atoms with Crippen LogP contribution in [0.5, 0.6) is 5.75 Å². The second-order valence-corrected chi connectivity index (χ2v) is 8.59. The molecular weight excluding hydrogens is 375 g/mol. The smallest absolute Gasteiger partial charge is 0.326 e. The van der Waals surface area contributed by atoms with E-state index in [1.165, 1.54) is 6.07 Å². The molecule has 1 aliphatic heterocycles. The molecule has 0 unspecified atom stereocenters. The number of phenolic OH excluding ortho intramolecular Hbond substituents is 1. The van der Waals surface area contributed by atoms with Crippen molar-refractivity contribution in [1.29, 1.82) is 0 Å². The van der Waals surface area contributed by atoms with Gasteiger partial charge in [0.2, 0.25) is 0 Å². The number of aliphatic imine (C=N–C) groups is 1. The molecule has 4 N–H and O–H groups in total. The molecule has 3 fully saturated rings. The molecule has 1 saturated heterocycles. The first kappa shape index (κ1) is 17.8. The molecular formula is C17H19FN4O4S. The molecule has 4 rings (SSSR count). The molecule has 27 heavy (non-hydrogen) atoms. The lowest BCUT2D eigenvalue weighted by molar-refractivity contribution is -0.117. The summed E-state index contributed by atoms with van der Waals surface area (Å²) in [6.45, 7) is -0.615. The number of nitrogens with two attached hydrogens (primary N) is 1. The highest BCUT2D eigenvalue weighted by atomic mass is 32.2. The monoisotopic (exact) mass is 394 g/mol. The van der Waals surface area contributed by atoms with Crippen LogP contribution >= 0.6 is 0 Å². The second-order valence-electron chi connectivity index (χ2n) is 6.99. The van der Waals surface area contributed by atoms with E-state index in [1.807, 2.05) is 0 Å². The molecule has 1 amide bonds. The first-order valence-electron chi connectivity index (χ1n) is 8.66. The number of amides is 1. The number of halogens is 1. The minimum atomic E-state index is -4.26. The zero-order valence-electron chi connectivity index (χ0n) is 14.4. The van der Waals surface area contributed by atoms with Crippen molar-refractivity contribution in [2.75, 3.05) is 10.8 Å². The average Bonchev–Trinajstić information content (AvgIpc) is 3.46. The molecule has 1 aromatic rings. The minimum absolute atomic E-state index is 0.0542. The summed E-state index contributed by atoms with van der Waals surface area (Å²) in [7, 11) is -4.26. The molecule has 8 nitrogen and oxygen atoms in total. The summed E-state index contributed by atoms with van der Waals surface area (Å²) in [6, 6.07) is 2.73. The van der Waals surface area contributed by atoms with Crippen molar-refractivity contribution >= 4 is 33.2 Å². The van der Waals surface area contributed by atoms with Gasteiger partial charge in [0.25, 0.3) is 5.91 Å². The largest absolute Gasteiger partial charge is 0.506 e. The summed E-state index contributed by atoms with van der Waals surface area (Å²) in [6.07, 6.45) is 5.72. The van der Waals surface area contributed by atoms with Gasteiger partial charge in [0.05, 0.1) is 6.04 Å².